The minimum absolute atomic E-state index is 0.0215. The van der Waals surface area contributed by atoms with Gasteiger partial charge in [-0.15, -0.1) is 0 Å². The van der Waals surface area contributed by atoms with E-state index in [0.717, 1.165) is 22.0 Å². The molecule has 2 aromatic carbocycles. The van der Waals surface area contributed by atoms with Crippen molar-refractivity contribution in [2.24, 2.45) is 4.99 Å². The van der Waals surface area contributed by atoms with E-state index in [-0.39, 0.29) is 34.7 Å². The average Bonchev–Trinajstić information content (AvgIpc) is 3.16. The molecule has 3 atom stereocenters. The molecule has 1 saturated heterocycles. The molecule has 2 heterocycles. The molecule has 0 bridgehead atoms. The lowest BCUT2D eigenvalue weighted by Gasteiger charge is -2.14. The number of benzene rings is 2. The van der Waals surface area contributed by atoms with E-state index < -0.39 is 9.84 Å². The number of nitrogens with one attached hydrogen (secondary N) is 2. The van der Waals surface area contributed by atoms with E-state index in [1.165, 1.54) is 11.8 Å². The number of rotatable bonds is 5. The van der Waals surface area contributed by atoms with Gasteiger partial charge in [-0.05, 0) is 30.2 Å². The van der Waals surface area contributed by atoms with Crippen molar-refractivity contribution in [1.29, 1.82) is 0 Å². The fourth-order valence-corrected chi connectivity index (χ4v) is 7.22. The summed E-state index contributed by atoms with van der Waals surface area (Å²) in [7, 11) is -2.94. The zero-order chi connectivity index (χ0) is 20.4. The van der Waals surface area contributed by atoms with Crippen LogP contribution in [0.3, 0.4) is 0 Å². The molecule has 0 aliphatic carbocycles. The number of carbonyl (C=O) groups excluding carboxylic acids is 1. The van der Waals surface area contributed by atoms with Crippen molar-refractivity contribution >= 4 is 38.4 Å². The Morgan fingerprint density at radius 3 is 2.55 bits per heavy atom. The van der Waals surface area contributed by atoms with Gasteiger partial charge >= 0.3 is 0 Å². The number of nitrogens with zero attached hydrogens (tertiary/aromatic N) is 1. The summed E-state index contributed by atoms with van der Waals surface area (Å²) in [6.45, 7) is 1.97. The third kappa shape index (κ3) is 5.00. The Bertz CT molecular complexity index is 1020. The van der Waals surface area contributed by atoms with Crippen LogP contribution in [0, 0.1) is 0 Å². The SMILES string of the molecule is C[C@H](NC(=O)Cc1ccc(NC2=N[C@H]3CS(=O)(=O)C[C@H]3S2)cc1)c1ccccc1. The first-order valence-corrected chi connectivity index (χ1v) is 12.2. The molecule has 0 radical (unpaired) electrons. The molecule has 2 N–H and O–H groups in total. The van der Waals surface area contributed by atoms with E-state index in [0.29, 0.717) is 6.42 Å². The number of sulfone groups is 1. The van der Waals surface area contributed by atoms with E-state index in [1.807, 2.05) is 61.5 Å². The topological polar surface area (TPSA) is 87.6 Å². The number of carbonyl (C=O) groups is 1. The molecule has 0 spiro atoms. The molecule has 8 heteroatoms. The number of anilines is 1. The predicted octanol–water partition coefficient (Wildman–Crippen LogP) is 2.79. The number of amides is 1. The summed E-state index contributed by atoms with van der Waals surface area (Å²) in [5, 5.41) is 7.06. The molecule has 0 aromatic heterocycles. The summed E-state index contributed by atoms with van der Waals surface area (Å²) < 4.78 is 23.3. The molecular formula is C21H23N3O3S2. The Morgan fingerprint density at radius 1 is 1.14 bits per heavy atom. The zero-order valence-corrected chi connectivity index (χ0v) is 17.7. The quantitative estimate of drug-likeness (QED) is 0.763. The first-order chi connectivity index (χ1) is 13.9. The summed E-state index contributed by atoms with van der Waals surface area (Å²) in [6, 6.07) is 17.4. The Balaban J connectivity index is 1.30. The Labute approximate surface area is 175 Å². The first-order valence-electron chi connectivity index (χ1n) is 9.53. The second kappa shape index (κ2) is 8.20. The van der Waals surface area contributed by atoms with Crippen molar-refractivity contribution in [3.8, 4) is 0 Å². The molecule has 2 aliphatic rings. The van der Waals surface area contributed by atoms with E-state index in [2.05, 4.69) is 15.6 Å². The van der Waals surface area contributed by atoms with Crippen molar-refractivity contribution in [2.45, 2.75) is 30.7 Å². The molecular weight excluding hydrogens is 406 g/mol. The van der Waals surface area contributed by atoms with Crippen LogP contribution in [-0.4, -0.2) is 42.3 Å². The first kappa shape index (κ1) is 20.0. The Morgan fingerprint density at radius 2 is 1.86 bits per heavy atom. The zero-order valence-electron chi connectivity index (χ0n) is 16.0. The lowest BCUT2D eigenvalue weighted by molar-refractivity contribution is -0.121. The second-order valence-electron chi connectivity index (χ2n) is 7.43. The number of hydrogen-bond donors (Lipinski definition) is 2. The van der Waals surface area contributed by atoms with Crippen LogP contribution in [0.1, 0.15) is 24.1 Å². The normalized spacial score (nSPS) is 23.1. The van der Waals surface area contributed by atoms with Crippen LogP contribution >= 0.6 is 11.8 Å². The highest BCUT2D eigenvalue weighted by Crippen LogP contribution is 2.34. The molecule has 2 aliphatic heterocycles. The fourth-order valence-electron chi connectivity index (χ4n) is 3.55. The van der Waals surface area contributed by atoms with Crippen LogP contribution < -0.4 is 10.6 Å². The fraction of sp³-hybridized carbons (Fsp3) is 0.333. The highest BCUT2D eigenvalue weighted by molar-refractivity contribution is 8.15. The third-order valence-corrected chi connectivity index (χ3v) is 8.21. The van der Waals surface area contributed by atoms with Gasteiger partial charge in [0.1, 0.15) is 0 Å². The molecule has 4 rings (SSSR count). The molecule has 0 saturated carbocycles. The molecule has 1 fully saturated rings. The minimum Gasteiger partial charge on any atom is -0.349 e. The van der Waals surface area contributed by atoms with Crippen LogP contribution in [0.2, 0.25) is 0 Å². The van der Waals surface area contributed by atoms with Crippen molar-refractivity contribution in [1.82, 2.24) is 5.32 Å². The van der Waals surface area contributed by atoms with Gasteiger partial charge in [0, 0.05) is 10.9 Å². The van der Waals surface area contributed by atoms with Crippen LogP contribution in [0.15, 0.2) is 59.6 Å². The van der Waals surface area contributed by atoms with Crippen molar-refractivity contribution in [2.75, 3.05) is 16.8 Å². The van der Waals surface area contributed by atoms with Gasteiger partial charge < -0.3 is 10.6 Å². The van der Waals surface area contributed by atoms with E-state index in [4.69, 9.17) is 0 Å². The maximum atomic E-state index is 12.3. The monoisotopic (exact) mass is 429 g/mol. The van der Waals surface area contributed by atoms with Gasteiger partial charge in [-0.1, -0.05) is 54.2 Å². The number of hydrogen-bond acceptors (Lipinski definition) is 6. The van der Waals surface area contributed by atoms with E-state index >= 15 is 0 Å². The van der Waals surface area contributed by atoms with Crippen molar-refractivity contribution in [3.05, 3.63) is 65.7 Å². The molecule has 1 amide bonds. The highest BCUT2D eigenvalue weighted by Gasteiger charge is 2.42. The maximum absolute atomic E-state index is 12.3. The summed E-state index contributed by atoms with van der Waals surface area (Å²) in [6.07, 6.45) is 0.315. The predicted molar refractivity (Wildman–Crippen MR) is 118 cm³/mol. The van der Waals surface area contributed by atoms with Crippen molar-refractivity contribution in [3.63, 3.8) is 0 Å². The average molecular weight is 430 g/mol. The van der Waals surface area contributed by atoms with Crippen LogP contribution in [-0.2, 0) is 21.1 Å². The van der Waals surface area contributed by atoms with E-state index in [9.17, 15) is 13.2 Å². The summed E-state index contributed by atoms with van der Waals surface area (Å²) in [5.74, 6) is 0.324. The number of aliphatic imine (C=N–C) groups is 1. The summed E-state index contributed by atoms with van der Waals surface area (Å²) in [5.41, 5.74) is 2.88. The van der Waals surface area contributed by atoms with Gasteiger partial charge in [-0.2, -0.15) is 0 Å². The number of amidine groups is 1. The van der Waals surface area contributed by atoms with Gasteiger partial charge in [-0.3, -0.25) is 9.79 Å². The summed E-state index contributed by atoms with van der Waals surface area (Å²) in [4.78, 5) is 16.8. The maximum Gasteiger partial charge on any atom is 0.224 e. The molecule has 152 valence electrons. The van der Waals surface area contributed by atoms with Gasteiger partial charge in [0.15, 0.2) is 15.0 Å². The van der Waals surface area contributed by atoms with Crippen LogP contribution in [0.25, 0.3) is 0 Å². The highest BCUT2D eigenvalue weighted by atomic mass is 32.2. The minimum atomic E-state index is -2.94. The van der Waals surface area contributed by atoms with Gasteiger partial charge in [-0.25, -0.2) is 8.42 Å². The van der Waals surface area contributed by atoms with Crippen LogP contribution in [0.4, 0.5) is 5.69 Å². The Hall–Kier alpha value is -2.32. The van der Waals surface area contributed by atoms with Crippen molar-refractivity contribution < 1.29 is 13.2 Å². The molecule has 2 aromatic rings. The lowest BCUT2D eigenvalue weighted by atomic mass is 10.1. The van der Waals surface area contributed by atoms with E-state index in [1.54, 1.807) is 0 Å². The van der Waals surface area contributed by atoms with Gasteiger partial charge in [0.2, 0.25) is 5.91 Å². The second-order valence-corrected chi connectivity index (χ2v) is 10.8. The lowest BCUT2D eigenvalue weighted by Crippen LogP contribution is -2.28. The molecule has 6 nitrogen and oxygen atoms in total. The molecule has 0 unspecified atom stereocenters. The number of thioether (sulfide) groups is 1. The standard InChI is InChI=1S/C21H23N3O3S2/c1-14(16-5-3-2-4-6-16)22-20(25)11-15-7-9-17(10-8-15)23-21-24-18-12-29(26,27)13-19(18)28-21/h2-10,14,18-19H,11-13H2,1H3,(H,22,25)(H,23,24)/t14-,18-,19+/m0/s1. The van der Waals surface area contributed by atoms with Crippen LogP contribution in [0.5, 0.6) is 0 Å². The number of fused-ring (bicyclic) bond motifs is 1. The van der Waals surface area contributed by atoms with Gasteiger partial charge in [0.05, 0.1) is 30.0 Å². The Kier molecular flexibility index (Phi) is 5.65. The smallest absolute Gasteiger partial charge is 0.224 e. The molecule has 29 heavy (non-hydrogen) atoms. The summed E-state index contributed by atoms with van der Waals surface area (Å²) >= 11 is 1.49. The third-order valence-electron chi connectivity index (χ3n) is 5.07. The van der Waals surface area contributed by atoms with Gasteiger partial charge in [0.25, 0.3) is 0 Å². The largest absolute Gasteiger partial charge is 0.349 e.